The first-order valence-corrected chi connectivity index (χ1v) is 11.3. The molecule has 1 heterocycles. The maximum absolute atomic E-state index is 13.0. The topological polar surface area (TPSA) is 66.5 Å². The molecule has 6 heteroatoms. The number of sulfonamides is 1. The van der Waals surface area contributed by atoms with Crippen molar-refractivity contribution in [2.45, 2.75) is 37.1 Å². The van der Waals surface area contributed by atoms with Crippen molar-refractivity contribution in [3.05, 3.63) is 72.3 Å². The van der Waals surface area contributed by atoms with E-state index in [2.05, 4.69) is 5.32 Å². The Bertz CT molecular complexity index is 1140. The van der Waals surface area contributed by atoms with Crippen LogP contribution in [0.25, 0.3) is 10.8 Å². The van der Waals surface area contributed by atoms with E-state index in [0.29, 0.717) is 17.0 Å². The molecular formula is C23H24N2O3S. The van der Waals surface area contributed by atoms with Gasteiger partial charge in [0.2, 0.25) is 5.91 Å². The van der Waals surface area contributed by atoms with Crippen LogP contribution in [0.5, 0.6) is 0 Å². The number of nitrogens with one attached hydrogen (secondary N) is 1. The average Bonchev–Trinajstić information content (AvgIpc) is 2.96. The van der Waals surface area contributed by atoms with Crippen molar-refractivity contribution in [2.24, 2.45) is 0 Å². The van der Waals surface area contributed by atoms with Gasteiger partial charge < -0.3 is 5.32 Å². The molecule has 0 aromatic heterocycles. The van der Waals surface area contributed by atoms with Crippen molar-refractivity contribution in [1.82, 2.24) is 5.32 Å². The summed E-state index contributed by atoms with van der Waals surface area (Å²) < 4.78 is 27.4. The van der Waals surface area contributed by atoms with Gasteiger partial charge in [0.15, 0.2) is 0 Å². The Labute approximate surface area is 171 Å². The summed E-state index contributed by atoms with van der Waals surface area (Å²) in [7, 11) is -3.57. The van der Waals surface area contributed by atoms with E-state index in [0.717, 1.165) is 22.8 Å². The maximum atomic E-state index is 13.0. The van der Waals surface area contributed by atoms with Gasteiger partial charge in [-0.15, -0.1) is 0 Å². The fourth-order valence-corrected chi connectivity index (χ4v) is 5.70. The number of hydrogen-bond donors (Lipinski definition) is 1. The molecule has 0 aliphatic carbocycles. The normalized spacial score (nSPS) is 15.4. The van der Waals surface area contributed by atoms with Gasteiger partial charge >= 0.3 is 0 Å². The van der Waals surface area contributed by atoms with Gasteiger partial charge in [0.25, 0.3) is 10.0 Å². The minimum Gasteiger partial charge on any atom is -0.349 e. The molecule has 1 atom stereocenters. The highest BCUT2D eigenvalue weighted by atomic mass is 32.2. The second kappa shape index (κ2) is 7.87. The molecule has 4 rings (SSSR count). The van der Waals surface area contributed by atoms with E-state index in [9.17, 15) is 13.2 Å². The van der Waals surface area contributed by atoms with E-state index < -0.39 is 10.0 Å². The second-order valence-corrected chi connectivity index (χ2v) is 9.08. The van der Waals surface area contributed by atoms with Crippen LogP contribution in [0.4, 0.5) is 5.69 Å². The first-order chi connectivity index (χ1) is 14.0. The number of benzene rings is 3. The molecule has 5 nitrogen and oxygen atoms in total. The van der Waals surface area contributed by atoms with Gasteiger partial charge in [0, 0.05) is 18.4 Å². The van der Waals surface area contributed by atoms with E-state index in [4.69, 9.17) is 0 Å². The van der Waals surface area contributed by atoms with Crippen LogP contribution >= 0.6 is 0 Å². The molecule has 0 radical (unpaired) electrons. The first kappa shape index (κ1) is 19.5. The van der Waals surface area contributed by atoms with E-state index in [1.807, 2.05) is 61.5 Å². The zero-order valence-corrected chi connectivity index (χ0v) is 17.2. The molecule has 0 saturated carbocycles. The van der Waals surface area contributed by atoms with Crippen LogP contribution in [0.1, 0.15) is 37.8 Å². The molecule has 0 fully saturated rings. The second-order valence-electron chi connectivity index (χ2n) is 7.25. The van der Waals surface area contributed by atoms with E-state index >= 15 is 0 Å². The molecular weight excluding hydrogens is 384 g/mol. The van der Waals surface area contributed by atoms with Gasteiger partial charge in [-0.2, -0.15) is 0 Å². The van der Waals surface area contributed by atoms with Crippen LogP contribution in [-0.4, -0.2) is 20.9 Å². The van der Waals surface area contributed by atoms with Crippen molar-refractivity contribution in [3.63, 3.8) is 0 Å². The van der Waals surface area contributed by atoms with Crippen LogP contribution in [0, 0.1) is 0 Å². The van der Waals surface area contributed by atoms with Crippen molar-refractivity contribution in [1.29, 1.82) is 0 Å². The van der Waals surface area contributed by atoms with Crippen LogP contribution in [0.15, 0.2) is 71.6 Å². The van der Waals surface area contributed by atoms with Gasteiger partial charge in [-0.1, -0.05) is 61.5 Å². The maximum Gasteiger partial charge on any atom is 0.265 e. The molecule has 1 aliphatic heterocycles. The standard InChI is InChI=1S/C23H24N2O3S/c1-2-19(17-9-4-3-5-10-17)24-22(26)15-8-16-25-20-13-6-11-18-12-7-14-21(23(18)20)29(25,27)28/h3-7,9-14,19H,2,8,15-16H2,1H3,(H,24,26)/t19-/m1/s1. The Morgan fingerprint density at radius 1 is 1.00 bits per heavy atom. The quantitative estimate of drug-likeness (QED) is 0.630. The highest BCUT2D eigenvalue weighted by Crippen LogP contribution is 2.41. The third-order valence-electron chi connectivity index (χ3n) is 5.39. The Hall–Kier alpha value is -2.86. The lowest BCUT2D eigenvalue weighted by Crippen LogP contribution is -2.31. The van der Waals surface area contributed by atoms with E-state index in [1.54, 1.807) is 12.1 Å². The summed E-state index contributed by atoms with van der Waals surface area (Å²) in [5.41, 5.74) is 1.78. The lowest BCUT2D eigenvalue weighted by atomic mass is 10.0. The van der Waals surface area contributed by atoms with Crippen LogP contribution < -0.4 is 9.62 Å². The predicted molar refractivity (Wildman–Crippen MR) is 115 cm³/mol. The smallest absolute Gasteiger partial charge is 0.265 e. The van der Waals surface area contributed by atoms with Gasteiger partial charge in [-0.05, 0) is 35.9 Å². The Balaban J connectivity index is 1.42. The van der Waals surface area contributed by atoms with Crippen molar-refractivity contribution in [2.75, 3.05) is 10.8 Å². The first-order valence-electron chi connectivity index (χ1n) is 9.91. The number of carbonyl (C=O) groups excluding carboxylic acids is 1. The molecule has 0 spiro atoms. The molecule has 1 amide bonds. The summed E-state index contributed by atoms with van der Waals surface area (Å²) in [6.45, 7) is 2.32. The number of carbonyl (C=O) groups is 1. The number of rotatable bonds is 7. The monoisotopic (exact) mass is 408 g/mol. The number of nitrogens with zero attached hydrogens (tertiary/aromatic N) is 1. The molecule has 0 saturated heterocycles. The number of anilines is 1. The third-order valence-corrected chi connectivity index (χ3v) is 7.25. The SMILES string of the molecule is CC[C@@H](NC(=O)CCCN1c2cccc3cccc(c23)S1(=O)=O)c1ccccc1. The molecule has 0 bridgehead atoms. The average molecular weight is 409 g/mol. The molecule has 1 aliphatic rings. The van der Waals surface area contributed by atoms with Gasteiger partial charge in [-0.3, -0.25) is 9.10 Å². The molecule has 150 valence electrons. The lowest BCUT2D eigenvalue weighted by Gasteiger charge is -2.20. The summed E-state index contributed by atoms with van der Waals surface area (Å²) in [6, 6.07) is 20.8. The van der Waals surface area contributed by atoms with Crippen LogP contribution in [-0.2, 0) is 14.8 Å². The van der Waals surface area contributed by atoms with Gasteiger partial charge in [-0.25, -0.2) is 8.42 Å². The Morgan fingerprint density at radius 2 is 1.72 bits per heavy atom. The summed E-state index contributed by atoms with van der Waals surface area (Å²) in [6.07, 6.45) is 1.54. The van der Waals surface area contributed by atoms with Crippen molar-refractivity contribution < 1.29 is 13.2 Å². The minimum atomic E-state index is -3.57. The van der Waals surface area contributed by atoms with Crippen molar-refractivity contribution in [3.8, 4) is 0 Å². The van der Waals surface area contributed by atoms with E-state index in [1.165, 1.54) is 4.31 Å². The predicted octanol–water partition coefficient (Wildman–Crippen LogP) is 4.40. The Kier molecular flexibility index (Phi) is 5.28. The third kappa shape index (κ3) is 3.60. The lowest BCUT2D eigenvalue weighted by molar-refractivity contribution is -0.121. The molecule has 0 unspecified atom stereocenters. The van der Waals surface area contributed by atoms with Crippen LogP contribution in [0.2, 0.25) is 0 Å². The number of hydrogen-bond acceptors (Lipinski definition) is 3. The summed E-state index contributed by atoms with van der Waals surface area (Å²) in [5.74, 6) is -0.0620. The molecule has 1 N–H and O–H groups in total. The molecule has 3 aromatic rings. The van der Waals surface area contributed by atoms with Gasteiger partial charge in [0.05, 0.1) is 16.6 Å². The van der Waals surface area contributed by atoms with E-state index in [-0.39, 0.29) is 24.9 Å². The van der Waals surface area contributed by atoms with Crippen LogP contribution in [0.3, 0.4) is 0 Å². The molecule has 29 heavy (non-hydrogen) atoms. The highest BCUT2D eigenvalue weighted by molar-refractivity contribution is 7.93. The molecule has 3 aromatic carbocycles. The fourth-order valence-electron chi connectivity index (χ4n) is 3.96. The summed E-state index contributed by atoms with van der Waals surface area (Å²) >= 11 is 0. The van der Waals surface area contributed by atoms with Crippen molar-refractivity contribution >= 4 is 32.4 Å². The highest BCUT2D eigenvalue weighted by Gasteiger charge is 2.35. The zero-order chi connectivity index (χ0) is 20.4. The summed E-state index contributed by atoms with van der Waals surface area (Å²) in [5, 5.41) is 4.75. The zero-order valence-electron chi connectivity index (χ0n) is 16.3. The largest absolute Gasteiger partial charge is 0.349 e. The van der Waals surface area contributed by atoms with Gasteiger partial charge in [0.1, 0.15) is 0 Å². The minimum absolute atomic E-state index is 0.0303. The summed E-state index contributed by atoms with van der Waals surface area (Å²) in [4.78, 5) is 12.8. The number of amides is 1. The fraction of sp³-hybridized carbons (Fsp3) is 0.261. The Morgan fingerprint density at radius 3 is 2.45 bits per heavy atom.